The lowest BCUT2D eigenvalue weighted by Gasteiger charge is -2.11. The SMILES string of the molecule is COc1cccc(C#N)c1NCc1cn2ccccc2n1. The molecule has 0 unspecified atom stereocenters. The number of para-hydroxylation sites is 1. The summed E-state index contributed by atoms with van der Waals surface area (Å²) < 4.78 is 7.26. The number of anilines is 1. The molecule has 0 amide bonds. The molecule has 0 saturated heterocycles. The number of benzene rings is 1. The second kappa shape index (κ2) is 5.55. The van der Waals surface area contributed by atoms with E-state index in [9.17, 15) is 5.26 Å². The first kappa shape index (κ1) is 13.0. The Morgan fingerprint density at radius 1 is 1.29 bits per heavy atom. The van der Waals surface area contributed by atoms with Gasteiger partial charge in [0.15, 0.2) is 0 Å². The minimum Gasteiger partial charge on any atom is -0.495 e. The van der Waals surface area contributed by atoms with E-state index in [2.05, 4.69) is 16.4 Å². The fraction of sp³-hybridized carbons (Fsp3) is 0.125. The van der Waals surface area contributed by atoms with Gasteiger partial charge in [-0.25, -0.2) is 4.98 Å². The summed E-state index contributed by atoms with van der Waals surface area (Å²) in [6, 6.07) is 13.4. The lowest BCUT2D eigenvalue weighted by atomic mass is 10.1. The predicted octanol–water partition coefficient (Wildman–Crippen LogP) is 2.83. The molecule has 0 aliphatic rings. The van der Waals surface area contributed by atoms with E-state index in [-0.39, 0.29) is 0 Å². The zero-order valence-electron chi connectivity index (χ0n) is 11.6. The summed E-state index contributed by atoms with van der Waals surface area (Å²) in [5.74, 6) is 0.651. The smallest absolute Gasteiger partial charge is 0.143 e. The van der Waals surface area contributed by atoms with Crippen LogP contribution in [0.25, 0.3) is 5.65 Å². The van der Waals surface area contributed by atoms with Gasteiger partial charge in [-0.2, -0.15) is 5.26 Å². The number of nitrogens with one attached hydrogen (secondary N) is 1. The number of fused-ring (bicyclic) bond motifs is 1. The number of hydrogen-bond donors (Lipinski definition) is 1. The molecule has 0 bridgehead atoms. The Bertz CT molecular complexity index is 784. The number of aromatic nitrogens is 2. The third-order valence-electron chi connectivity index (χ3n) is 3.23. The van der Waals surface area contributed by atoms with Gasteiger partial charge in [0.2, 0.25) is 0 Å². The van der Waals surface area contributed by atoms with E-state index in [0.717, 1.165) is 11.3 Å². The number of nitrogens with zero attached hydrogens (tertiary/aromatic N) is 3. The van der Waals surface area contributed by atoms with Crippen LogP contribution in [0.3, 0.4) is 0 Å². The Hall–Kier alpha value is -3.00. The second-order valence-electron chi connectivity index (χ2n) is 4.55. The summed E-state index contributed by atoms with van der Waals surface area (Å²) in [5.41, 5.74) is 3.04. The molecule has 21 heavy (non-hydrogen) atoms. The maximum absolute atomic E-state index is 9.18. The highest BCUT2D eigenvalue weighted by Crippen LogP contribution is 2.28. The molecule has 1 aromatic carbocycles. The molecular weight excluding hydrogens is 264 g/mol. The summed E-state index contributed by atoms with van der Waals surface area (Å²) >= 11 is 0. The summed E-state index contributed by atoms with van der Waals surface area (Å²) in [5, 5.41) is 12.4. The van der Waals surface area contributed by atoms with Crippen LogP contribution in [0.15, 0.2) is 48.8 Å². The highest BCUT2D eigenvalue weighted by Gasteiger charge is 2.09. The molecule has 3 rings (SSSR count). The van der Waals surface area contributed by atoms with Crippen LogP contribution < -0.4 is 10.1 Å². The van der Waals surface area contributed by atoms with Crippen molar-refractivity contribution in [3.8, 4) is 11.8 Å². The number of methoxy groups -OCH3 is 1. The van der Waals surface area contributed by atoms with Crippen LogP contribution in [-0.4, -0.2) is 16.5 Å². The molecular formula is C16H14N4O. The van der Waals surface area contributed by atoms with Gasteiger partial charge in [-0.05, 0) is 24.3 Å². The first-order chi connectivity index (χ1) is 10.3. The molecule has 0 aliphatic carbocycles. The number of nitriles is 1. The van der Waals surface area contributed by atoms with Crippen molar-refractivity contribution < 1.29 is 4.74 Å². The van der Waals surface area contributed by atoms with Crippen molar-refractivity contribution in [2.45, 2.75) is 6.54 Å². The second-order valence-corrected chi connectivity index (χ2v) is 4.55. The van der Waals surface area contributed by atoms with Gasteiger partial charge in [0.25, 0.3) is 0 Å². The zero-order valence-corrected chi connectivity index (χ0v) is 11.6. The first-order valence-electron chi connectivity index (χ1n) is 6.55. The van der Waals surface area contributed by atoms with Crippen LogP contribution in [-0.2, 0) is 6.54 Å². The zero-order chi connectivity index (χ0) is 14.7. The van der Waals surface area contributed by atoms with Gasteiger partial charge in [0.1, 0.15) is 17.5 Å². The summed E-state index contributed by atoms with van der Waals surface area (Å²) in [7, 11) is 1.59. The first-order valence-corrected chi connectivity index (χ1v) is 6.55. The molecule has 104 valence electrons. The van der Waals surface area contributed by atoms with E-state index in [1.54, 1.807) is 19.2 Å². The summed E-state index contributed by atoms with van der Waals surface area (Å²) in [4.78, 5) is 4.52. The summed E-state index contributed by atoms with van der Waals surface area (Å²) in [6.45, 7) is 0.525. The van der Waals surface area contributed by atoms with Gasteiger partial charge in [0.05, 0.1) is 30.6 Å². The van der Waals surface area contributed by atoms with E-state index in [1.165, 1.54) is 0 Å². The van der Waals surface area contributed by atoms with E-state index in [0.29, 0.717) is 23.5 Å². The molecule has 2 heterocycles. The van der Waals surface area contributed by atoms with E-state index >= 15 is 0 Å². The van der Waals surface area contributed by atoms with Crippen LogP contribution >= 0.6 is 0 Å². The van der Waals surface area contributed by atoms with Gasteiger partial charge in [-0.3, -0.25) is 0 Å². The largest absolute Gasteiger partial charge is 0.495 e. The van der Waals surface area contributed by atoms with Crippen LogP contribution in [0.4, 0.5) is 5.69 Å². The molecule has 0 fully saturated rings. The number of hydrogen-bond acceptors (Lipinski definition) is 4. The maximum atomic E-state index is 9.18. The van der Waals surface area contributed by atoms with Crippen molar-refractivity contribution >= 4 is 11.3 Å². The highest BCUT2D eigenvalue weighted by molar-refractivity contribution is 5.66. The van der Waals surface area contributed by atoms with Gasteiger partial charge in [0, 0.05) is 12.4 Å². The van der Waals surface area contributed by atoms with E-state index in [1.807, 2.05) is 41.1 Å². The molecule has 0 radical (unpaired) electrons. The molecule has 3 aromatic rings. The van der Waals surface area contributed by atoms with Crippen LogP contribution in [0.1, 0.15) is 11.3 Å². The monoisotopic (exact) mass is 278 g/mol. The third-order valence-corrected chi connectivity index (χ3v) is 3.23. The Morgan fingerprint density at radius 3 is 2.95 bits per heavy atom. The van der Waals surface area contributed by atoms with Crippen molar-refractivity contribution in [1.29, 1.82) is 5.26 Å². The molecule has 0 spiro atoms. The van der Waals surface area contributed by atoms with Gasteiger partial charge in [-0.1, -0.05) is 12.1 Å². The molecule has 2 aromatic heterocycles. The van der Waals surface area contributed by atoms with Crippen LogP contribution in [0.2, 0.25) is 0 Å². The molecule has 0 saturated carbocycles. The van der Waals surface area contributed by atoms with Crippen molar-refractivity contribution in [2.75, 3.05) is 12.4 Å². The number of ether oxygens (including phenoxy) is 1. The van der Waals surface area contributed by atoms with Gasteiger partial charge < -0.3 is 14.5 Å². The number of imidazole rings is 1. The fourth-order valence-electron chi connectivity index (χ4n) is 2.23. The minimum atomic E-state index is 0.525. The number of pyridine rings is 1. The van der Waals surface area contributed by atoms with Crippen molar-refractivity contribution in [3.63, 3.8) is 0 Å². The molecule has 1 N–H and O–H groups in total. The Kier molecular flexibility index (Phi) is 3.44. The molecule has 0 atom stereocenters. The predicted molar refractivity (Wildman–Crippen MR) is 80.2 cm³/mol. The number of rotatable bonds is 4. The standard InChI is InChI=1S/C16H14N4O/c1-21-14-6-4-5-12(9-17)16(14)18-10-13-11-20-8-3-2-7-15(20)19-13/h2-8,11,18H,10H2,1H3. The Morgan fingerprint density at radius 2 is 2.19 bits per heavy atom. The lowest BCUT2D eigenvalue weighted by Crippen LogP contribution is -2.03. The van der Waals surface area contributed by atoms with E-state index in [4.69, 9.17) is 4.74 Å². The van der Waals surface area contributed by atoms with Crippen molar-refractivity contribution in [1.82, 2.24) is 9.38 Å². The van der Waals surface area contributed by atoms with E-state index < -0.39 is 0 Å². The summed E-state index contributed by atoms with van der Waals surface area (Å²) in [6.07, 6.45) is 3.92. The maximum Gasteiger partial charge on any atom is 0.143 e. The topological polar surface area (TPSA) is 62.3 Å². The average Bonchev–Trinajstić information content (AvgIpc) is 2.95. The van der Waals surface area contributed by atoms with Crippen molar-refractivity contribution in [3.05, 3.63) is 60.0 Å². The quantitative estimate of drug-likeness (QED) is 0.797. The minimum absolute atomic E-state index is 0.525. The van der Waals surface area contributed by atoms with Gasteiger partial charge in [-0.15, -0.1) is 0 Å². The highest BCUT2D eigenvalue weighted by atomic mass is 16.5. The molecule has 5 heteroatoms. The Balaban J connectivity index is 1.86. The third kappa shape index (κ3) is 2.51. The van der Waals surface area contributed by atoms with Crippen LogP contribution in [0, 0.1) is 11.3 Å². The van der Waals surface area contributed by atoms with Gasteiger partial charge >= 0.3 is 0 Å². The molecule has 0 aliphatic heterocycles. The van der Waals surface area contributed by atoms with Crippen LogP contribution in [0.5, 0.6) is 5.75 Å². The van der Waals surface area contributed by atoms with Crippen molar-refractivity contribution in [2.24, 2.45) is 0 Å². The average molecular weight is 278 g/mol. The Labute approximate surface area is 122 Å². The lowest BCUT2D eigenvalue weighted by molar-refractivity contribution is 0.416. The normalized spacial score (nSPS) is 10.3. The fourth-order valence-corrected chi connectivity index (χ4v) is 2.23. The molecule has 5 nitrogen and oxygen atoms in total.